The first-order valence-electron chi connectivity index (χ1n) is 9.20. The summed E-state index contributed by atoms with van der Waals surface area (Å²) in [5.41, 5.74) is 3.67. The minimum atomic E-state index is -0.300. The van der Waals surface area contributed by atoms with E-state index in [-0.39, 0.29) is 5.92 Å². The number of rotatable bonds is 7. The summed E-state index contributed by atoms with van der Waals surface area (Å²) in [5, 5.41) is 0.590. The number of pyridine rings is 1. The largest absolute Gasteiger partial charge is 0.493 e. The van der Waals surface area contributed by atoms with E-state index in [2.05, 4.69) is 39.7 Å². The predicted molar refractivity (Wildman–Crippen MR) is 127 cm³/mol. The van der Waals surface area contributed by atoms with Crippen LogP contribution in [0.3, 0.4) is 0 Å². The predicted octanol–water partition coefficient (Wildman–Crippen LogP) is 5.86. The van der Waals surface area contributed by atoms with Gasteiger partial charge in [-0.15, -0.1) is 0 Å². The zero-order chi connectivity index (χ0) is 21.8. The third-order valence-corrected chi connectivity index (χ3v) is 6.49. The molecule has 1 aromatic heterocycles. The Morgan fingerprint density at radius 1 is 0.900 bits per heavy atom. The molecule has 0 amide bonds. The fourth-order valence-corrected chi connectivity index (χ4v) is 4.33. The fourth-order valence-electron chi connectivity index (χ4n) is 3.66. The van der Waals surface area contributed by atoms with Crippen molar-refractivity contribution < 1.29 is 18.9 Å². The second-order valence-electron chi connectivity index (χ2n) is 6.56. The zero-order valence-corrected chi connectivity index (χ0v) is 20.4. The van der Waals surface area contributed by atoms with Crippen LogP contribution in [0.1, 0.15) is 28.2 Å². The Labute approximate surface area is 195 Å². The molecule has 5 nitrogen and oxygen atoms in total. The molecule has 2 aromatic carbocycles. The van der Waals surface area contributed by atoms with E-state index < -0.39 is 0 Å². The molecule has 0 aliphatic rings. The highest BCUT2D eigenvalue weighted by Crippen LogP contribution is 2.51. The quantitative estimate of drug-likeness (QED) is 0.352. The molecule has 1 heterocycles. The topological polar surface area (TPSA) is 49.8 Å². The maximum atomic E-state index is 6.83. The number of aryl methyl sites for hydroxylation is 1. The highest BCUT2D eigenvalue weighted by atomic mass is 127. The second-order valence-corrected chi connectivity index (χ2v) is 8.10. The van der Waals surface area contributed by atoms with E-state index in [0.717, 1.165) is 25.8 Å². The lowest BCUT2D eigenvalue weighted by molar-refractivity contribution is 0.321. The minimum absolute atomic E-state index is 0.300. The van der Waals surface area contributed by atoms with Gasteiger partial charge in [0.05, 0.1) is 37.0 Å². The van der Waals surface area contributed by atoms with Gasteiger partial charge in [-0.3, -0.25) is 0 Å². The van der Waals surface area contributed by atoms with Crippen molar-refractivity contribution in [2.75, 3.05) is 28.4 Å². The van der Waals surface area contributed by atoms with Crippen LogP contribution in [0.15, 0.2) is 42.6 Å². The number of halogens is 2. The standard InChI is InChI=1S/C23H23ClINO4/c1-13-11-16(27-2)21(28-3)22(29-4)17(13)18(14-9-7-6-8-10-14)19-20(24)15(25)12-26-23(19)30-5/h6-12,18H,1-5H3. The van der Waals surface area contributed by atoms with Crippen LogP contribution in [-0.2, 0) is 0 Å². The van der Waals surface area contributed by atoms with Gasteiger partial charge in [0.25, 0.3) is 0 Å². The molecule has 0 aliphatic heterocycles. The van der Waals surface area contributed by atoms with Crippen molar-refractivity contribution >= 4 is 34.2 Å². The molecule has 0 N–H and O–H groups in total. The van der Waals surface area contributed by atoms with Crippen LogP contribution in [0.25, 0.3) is 0 Å². The van der Waals surface area contributed by atoms with E-state index in [1.54, 1.807) is 34.6 Å². The summed E-state index contributed by atoms with van der Waals surface area (Å²) in [7, 11) is 6.41. The van der Waals surface area contributed by atoms with Gasteiger partial charge in [0, 0.05) is 23.2 Å². The number of methoxy groups -OCH3 is 4. The van der Waals surface area contributed by atoms with Crippen molar-refractivity contribution in [3.05, 3.63) is 73.4 Å². The van der Waals surface area contributed by atoms with Crippen LogP contribution in [0, 0.1) is 10.5 Å². The Balaban J connectivity index is 2.45. The van der Waals surface area contributed by atoms with Crippen molar-refractivity contribution in [2.24, 2.45) is 0 Å². The first-order chi connectivity index (χ1) is 14.5. The lowest BCUT2D eigenvalue weighted by atomic mass is 9.82. The summed E-state index contributed by atoms with van der Waals surface area (Å²) in [6.45, 7) is 2.01. The summed E-state index contributed by atoms with van der Waals surface area (Å²) in [6, 6.07) is 12.0. The number of benzene rings is 2. The Kier molecular flexibility index (Phi) is 7.31. The summed E-state index contributed by atoms with van der Waals surface area (Å²) in [5.74, 6) is 1.87. The summed E-state index contributed by atoms with van der Waals surface area (Å²) < 4.78 is 23.5. The molecule has 0 saturated carbocycles. The number of ether oxygens (including phenoxy) is 4. The van der Waals surface area contributed by atoms with Crippen LogP contribution in [0.2, 0.25) is 5.02 Å². The molecule has 0 spiro atoms. The molecule has 7 heteroatoms. The van der Waals surface area contributed by atoms with E-state index in [4.69, 9.17) is 30.5 Å². The summed E-state index contributed by atoms with van der Waals surface area (Å²) >= 11 is 9.01. The molecule has 3 rings (SSSR count). The molecular formula is C23H23ClINO4. The maximum Gasteiger partial charge on any atom is 0.218 e. The average Bonchev–Trinajstić information content (AvgIpc) is 2.77. The third kappa shape index (κ3) is 4.03. The maximum absolute atomic E-state index is 6.83. The molecule has 1 unspecified atom stereocenters. The number of nitrogens with zero attached hydrogens (tertiary/aromatic N) is 1. The molecule has 0 bridgehead atoms. The Bertz CT molecular complexity index is 1040. The van der Waals surface area contributed by atoms with Crippen LogP contribution >= 0.6 is 34.2 Å². The van der Waals surface area contributed by atoms with Gasteiger partial charge in [-0.1, -0.05) is 41.9 Å². The second kappa shape index (κ2) is 9.75. The van der Waals surface area contributed by atoms with Crippen LogP contribution in [0.4, 0.5) is 0 Å². The third-order valence-electron chi connectivity index (χ3n) is 4.95. The van der Waals surface area contributed by atoms with Crippen molar-refractivity contribution in [1.82, 2.24) is 4.98 Å². The number of aromatic nitrogens is 1. The molecular weight excluding hydrogens is 517 g/mol. The van der Waals surface area contributed by atoms with Gasteiger partial charge in [-0.2, -0.15) is 0 Å². The summed E-state index contributed by atoms with van der Waals surface area (Å²) in [4.78, 5) is 4.48. The number of hydrogen-bond donors (Lipinski definition) is 0. The number of hydrogen-bond acceptors (Lipinski definition) is 5. The van der Waals surface area contributed by atoms with E-state index in [0.29, 0.717) is 28.2 Å². The van der Waals surface area contributed by atoms with Gasteiger partial charge in [0.2, 0.25) is 11.6 Å². The molecule has 3 aromatic rings. The Morgan fingerprint density at radius 3 is 2.13 bits per heavy atom. The van der Waals surface area contributed by atoms with Gasteiger partial charge in [0.1, 0.15) is 0 Å². The molecule has 30 heavy (non-hydrogen) atoms. The first kappa shape index (κ1) is 22.5. The fraction of sp³-hybridized carbons (Fsp3) is 0.261. The van der Waals surface area contributed by atoms with Gasteiger partial charge >= 0.3 is 0 Å². The summed E-state index contributed by atoms with van der Waals surface area (Å²) in [6.07, 6.45) is 1.70. The normalized spacial score (nSPS) is 11.7. The van der Waals surface area contributed by atoms with Gasteiger partial charge in [-0.05, 0) is 46.7 Å². The molecule has 0 aliphatic carbocycles. The zero-order valence-electron chi connectivity index (χ0n) is 17.5. The highest BCUT2D eigenvalue weighted by Gasteiger charge is 2.32. The van der Waals surface area contributed by atoms with Gasteiger partial charge < -0.3 is 18.9 Å². The van der Waals surface area contributed by atoms with E-state index in [1.165, 1.54) is 0 Å². The van der Waals surface area contributed by atoms with Crippen LogP contribution in [-0.4, -0.2) is 33.4 Å². The van der Waals surface area contributed by atoms with Crippen molar-refractivity contribution in [2.45, 2.75) is 12.8 Å². The smallest absolute Gasteiger partial charge is 0.218 e. The highest BCUT2D eigenvalue weighted by molar-refractivity contribution is 14.1. The van der Waals surface area contributed by atoms with Crippen LogP contribution in [0.5, 0.6) is 23.1 Å². The molecule has 0 saturated heterocycles. The van der Waals surface area contributed by atoms with Crippen molar-refractivity contribution in [3.63, 3.8) is 0 Å². The SMILES string of the molecule is COc1cc(C)c(C(c2ccccc2)c2c(OC)ncc(I)c2Cl)c(OC)c1OC. The Hall–Kier alpha value is -2.19. The molecule has 158 valence electrons. The lowest BCUT2D eigenvalue weighted by Crippen LogP contribution is -2.12. The van der Waals surface area contributed by atoms with E-state index >= 15 is 0 Å². The monoisotopic (exact) mass is 539 g/mol. The molecule has 0 fully saturated rings. The Morgan fingerprint density at radius 2 is 1.57 bits per heavy atom. The lowest BCUT2D eigenvalue weighted by Gasteiger charge is -2.27. The van der Waals surface area contributed by atoms with Gasteiger partial charge in [0.15, 0.2) is 11.5 Å². The molecule has 1 atom stereocenters. The first-order valence-corrected chi connectivity index (χ1v) is 10.7. The average molecular weight is 540 g/mol. The van der Waals surface area contributed by atoms with Crippen molar-refractivity contribution in [1.29, 1.82) is 0 Å². The van der Waals surface area contributed by atoms with Crippen molar-refractivity contribution in [3.8, 4) is 23.1 Å². The van der Waals surface area contributed by atoms with E-state index in [9.17, 15) is 0 Å². The van der Waals surface area contributed by atoms with Crippen LogP contribution < -0.4 is 18.9 Å². The van der Waals surface area contributed by atoms with Gasteiger partial charge in [-0.25, -0.2) is 4.98 Å². The molecule has 0 radical (unpaired) electrons. The minimum Gasteiger partial charge on any atom is -0.493 e. The van der Waals surface area contributed by atoms with E-state index in [1.807, 2.05) is 31.2 Å².